The molecule has 3 aromatic carbocycles. The second-order valence-corrected chi connectivity index (χ2v) is 9.52. The zero-order chi connectivity index (χ0) is 25.8. The molecule has 194 valence electrons. The molecular formula is C30H34N2O5. The van der Waals surface area contributed by atoms with E-state index in [0.29, 0.717) is 36.8 Å². The smallest absolute Gasteiger partial charge is 0.251 e. The lowest BCUT2D eigenvalue weighted by molar-refractivity contribution is -0.118. The molecule has 1 fully saturated rings. The highest BCUT2D eigenvalue weighted by Gasteiger charge is 2.51. The highest BCUT2D eigenvalue weighted by atomic mass is 16.7. The Labute approximate surface area is 218 Å². The van der Waals surface area contributed by atoms with Crippen molar-refractivity contribution in [2.24, 2.45) is 0 Å². The van der Waals surface area contributed by atoms with Crippen molar-refractivity contribution in [1.82, 2.24) is 5.32 Å². The fourth-order valence-electron chi connectivity index (χ4n) is 4.65. The lowest BCUT2D eigenvalue weighted by atomic mass is 9.94. The maximum absolute atomic E-state index is 13.4. The van der Waals surface area contributed by atoms with Crippen LogP contribution in [0.25, 0.3) is 11.1 Å². The number of amides is 2. The first-order valence-corrected chi connectivity index (χ1v) is 12.8. The molecule has 0 aromatic heterocycles. The summed E-state index contributed by atoms with van der Waals surface area (Å²) in [7, 11) is 0. The Kier molecular flexibility index (Phi) is 7.15. The van der Waals surface area contributed by atoms with Crippen molar-refractivity contribution in [2.45, 2.75) is 38.5 Å². The van der Waals surface area contributed by atoms with Crippen LogP contribution in [-0.2, 0) is 14.9 Å². The summed E-state index contributed by atoms with van der Waals surface area (Å²) in [5.41, 5.74) is 4.85. The van der Waals surface area contributed by atoms with E-state index in [0.717, 1.165) is 47.2 Å². The molecule has 1 aliphatic carbocycles. The van der Waals surface area contributed by atoms with Gasteiger partial charge in [-0.15, -0.1) is 0 Å². The summed E-state index contributed by atoms with van der Waals surface area (Å²) in [5, 5.41) is 6.06. The summed E-state index contributed by atoms with van der Waals surface area (Å²) in [6.07, 6.45) is 2.38. The van der Waals surface area contributed by atoms with Gasteiger partial charge >= 0.3 is 0 Å². The van der Waals surface area contributed by atoms with E-state index >= 15 is 0 Å². The number of benzene rings is 3. The molecule has 2 N–H and O–H groups in total. The number of nitrogens with one attached hydrogen (secondary N) is 2. The van der Waals surface area contributed by atoms with E-state index in [1.807, 2.05) is 74.5 Å². The summed E-state index contributed by atoms with van der Waals surface area (Å²) in [4.78, 5) is 25.8. The second kappa shape index (κ2) is 10.6. The molecule has 0 spiro atoms. The van der Waals surface area contributed by atoms with Gasteiger partial charge in [0.05, 0.1) is 5.41 Å². The van der Waals surface area contributed by atoms with E-state index in [1.165, 1.54) is 0 Å². The van der Waals surface area contributed by atoms with Crippen LogP contribution >= 0.6 is 0 Å². The Morgan fingerprint density at radius 2 is 1.78 bits per heavy atom. The largest absolute Gasteiger partial charge is 0.454 e. The normalized spacial score (nSPS) is 14.8. The predicted octanol–water partition coefficient (Wildman–Crippen LogP) is 5.46. The van der Waals surface area contributed by atoms with Crippen LogP contribution in [0.2, 0.25) is 0 Å². The van der Waals surface area contributed by atoms with Gasteiger partial charge in [-0.05, 0) is 91.8 Å². The quantitative estimate of drug-likeness (QED) is 0.360. The molecule has 0 bridgehead atoms. The fraction of sp³-hybridized carbons (Fsp3) is 0.333. The van der Waals surface area contributed by atoms with E-state index < -0.39 is 5.41 Å². The Morgan fingerprint density at radius 1 is 1.00 bits per heavy atom. The molecule has 5 rings (SSSR count). The van der Waals surface area contributed by atoms with Crippen molar-refractivity contribution in [3.63, 3.8) is 0 Å². The predicted molar refractivity (Wildman–Crippen MR) is 144 cm³/mol. The van der Waals surface area contributed by atoms with E-state index in [2.05, 4.69) is 10.6 Å². The summed E-state index contributed by atoms with van der Waals surface area (Å²) in [5.74, 6) is 1.29. The van der Waals surface area contributed by atoms with Gasteiger partial charge in [-0.3, -0.25) is 9.59 Å². The van der Waals surface area contributed by atoms with Gasteiger partial charge in [-0.2, -0.15) is 0 Å². The fourth-order valence-corrected chi connectivity index (χ4v) is 4.65. The number of fused-ring (bicyclic) bond motifs is 1. The number of anilines is 1. The van der Waals surface area contributed by atoms with E-state index in [9.17, 15) is 9.59 Å². The average Bonchev–Trinajstić information content (AvgIpc) is 3.60. The van der Waals surface area contributed by atoms with Crippen LogP contribution in [-0.4, -0.2) is 38.4 Å². The molecule has 1 aliphatic heterocycles. The van der Waals surface area contributed by atoms with E-state index in [1.54, 1.807) is 0 Å². The Bertz CT molecular complexity index is 1300. The Balaban J connectivity index is 0.00000336. The maximum atomic E-state index is 13.4. The van der Waals surface area contributed by atoms with Gasteiger partial charge in [-0.25, -0.2) is 0 Å². The van der Waals surface area contributed by atoms with Crippen molar-refractivity contribution in [2.75, 3.05) is 31.9 Å². The Morgan fingerprint density at radius 3 is 2.54 bits per heavy atom. The number of carbonyl (C=O) groups excluding carboxylic acids is 2. The summed E-state index contributed by atoms with van der Waals surface area (Å²) < 4.78 is 16.2. The van der Waals surface area contributed by atoms with Crippen molar-refractivity contribution >= 4 is 17.5 Å². The second-order valence-electron chi connectivity index (χ2n) is 9.52. The van der Waals surface area contributed by atoms with Gasteiger partial charge in [0.2, 0.25) is 12.7 Å². The van der Waals surface area contributed by atoms with Crippen LogP contribution < -0.4 is 20.1 Å². The number of ether oxygens (including phenoxy) is 3. The average molecular weight is 503 g/mol. The van der Waals surface area contributed by atoms with Crippen LogP contribution in [0.15, 0.2) is 60.7 Å². The van der Waals surface area contributed by atoms with Crippen LogP contribution in [0.5, 0.6) is 11.5 Å². The minimum absolute atomic E-state index is 0. The van der Waals surface area contributed by atoms with Crippen molar-refractivity contribution in [1.29, 1.82) is 0 Å². The van der Waals surface area contributed by atoms with Gasteiger partial charge < -0.3 is 24.8 Å². The molecule has 0 atom stereocenters. The molecular weight excluding hydrogens is 468 g/mol. The molecule has 1 saturated carbocycles. The molecule has 0 unspecified atom stereocenters. The number of rotatable bonds is 10. The summed E-state index contributed by atoms with van der Waals surface area (Å²) in [6.45, 7) is 6.10. The third-order valence-corrected chi connectivity index (χ3v) is 7.02. The molecule has 1 heterocycles. The first-order valence-electron chi connectivity index (χ1n) is 12.8. The molecule has 0 saturated heterocycles. The first kappa shape index (κ1) is 24.8. The molecule has 37 heavy (non-hydrogen) atoms. The molecule has 2 aliphatic rings. The standard InChI is InChI=1S/C30H32N2O5.H2/c1-3-35-16-4-15-31-28(33)22-8-6-21(7-9-22)25-18-24(11-5-20(25)2)32-29(34)30(13-14-30)23-10-12-26-27(17-23)37-19-36-26;/h5-12,17-18H,3-4,13-16,19H2,1-2H3,(H,31,33)(H,32,34);1H. The molecule has 3 aromatic rings. The molecule has 0 radical (unpaired) electrons. The number of aryl methyl sites for hydroxylation is 1. The SMILES string of the molecule is CCOCCCNC(=O)c1ccc(-c2cc(NC(=O)C3(c4ccc5c(c4)OCO5)CC3)ccc2C)cc1.[HH]. The molecule has 2 amide bonds. The van der Waals surface area contributed by atoms with Crippen molar-refractivity contribution in [3.05, 3.63) is 77.4 Å². The summed E-state index contributed by atoms with van der Waals surface area (Å²) >= 11 is 0. The van der Waals surface area contributed by atoms with Crippen LogP contribution in [0.4, 0.5) is 5.69 Å². The third kappa shape index (κ3) is 5.32. The zero-order valence-electron chi connectivity index (χ0n) is 21.3. The van der Waals surface area contributed by atoms with E-state index in [4.69, 9.17) is 14.2 Å². The Hall–Kier alpha value is -3.84. The van der Waals surface area contributed by atoms with Crippen LogP contribution in [0.3, 0.4) is 0 Å². The minimum atomic E-state index is -0.538. The van der Waals surface area contributed by atoms with E-state index in [-0.39, 0.29) is 20.0 Å². The van der Waals surface area contributed by atoms with Crippen molar-refractivity contribution in [3.8, 4) is 22.6 Å². The van der Waals surface area contributed by atoms with Gasteiger partial charge in [0.15, 0.2) is 11.5 Å². The van der Waals surface area contributed by atoms with Crippen molar-refractivity contribution < 1.29 is 25.2 Å². The highest BCUT2D eigenvalue weighted by Crippen LogP contribution is 2.51. The third-order valence-electron chi connectivity index (χ3n) is 7.02. The topological polar surface area (TPSA) is 85.9 Å². The number of hydrogen-bond acceptors (Lipinski definition) is 5. The summed E-state index contributed by atoms with van der Waals surface area (Å²) in [6, 6.07) is 19.2. The maximum Gasteiger partial charge on any atom is 0.251 e. The number of carbonyl (C=O) groups is 2. The lowest BCUT2D eigenvalue weighted by Gasteiger charge is -2.17. The van der Waals surface area contributed by atoms with Gasteiger partial charge in [-0.1, -0.05) is 24.3 Å². The highest BCUT2D eigenvalue weighted by molar-refractivity contribution is 6.02. The van der Waals surface area contributed by atoms with Crippen LogP contribution in [0, 0.1) is 6.92 Å². The minimum Gasteiger partial charge on any atom is -0.454 e. The lowest BCUT2D eigenvalue weighted by Crippen LogP contribution is -2.27. The van der Waals surface area contributed by atoms with Crippen LogP contribution in [0.1, 0.15) is 49.1 Å². The van der Waals surface area contributed by atoms with Gasteiger partial charge in [0.25, 0.3) is 5.91 Å². The van der Waals surface area contributed by atoms with Gasteiger partial charge in [0, 0.05) is 32.4 Å². The zero-order valence-corrected chi connectivity index (χ0v) is 21.3. The first-order chi connectivity index (χ1) is 18.0. The molecule has 7 heteroatoms. The number of hydrogen-bond donors (Lipinski definition) is 2. The monoisotopic (exact) mass is 502 g/mol. The molecule has 7 nitrogen and oxygen atoms in total. The van der Waals surface area contributed by atoms with Gasteiger partial charge in [0.1, 0.15) is 0 Å².